The SMILES string of the molecule is CCn1c(=O)c(C)nc2cc(C(=O)OCC(=O)[C@H](C#N)c3nc(C)cs3)ccc21. The number of ether oxygens (including phenoxy) is 1. The van der Waals surface area contributed by atoms with Gasteiger partial charge in [-0.05, 0) is 39.0 Å². The summed E-state index contributed by atoms with van der Waals surface area (Å²) in [7, 11) is 0. The van der Waals surface area contributed by atoms with E-state index in [4.69, 9.17) is 4.74 Å². The molecule has 0 N–H and O–H groups in total. The van der Waals surface area contributed by atoms with Gasteiger partial charge < -0.3 is 9.30 Å². The van der Waals surface area contributed by atoms with Crippen LogP contribution >= 0.6 is 11.3 Å². The molecule has 3 rings (SSSR count). The number of hydrogen-bond acceptors (Lipinski definition) is 8. The third-order valence-electron chi connectivity index (χ3n) is 4.34. The lowest BCUT2D eigenvalue weighted by atomic mass is 10.1. The normalized spacial score (nSPS) is 11.8. The Labute approximate surface area is 170 Å². The number of nitrogens with zero attached hydrogens (tertiary/aromatic N) is 4. The molecule has 2 aromatic heterocycles. The summed E-state index contributed by atoms with van der Waals surface area (Å²) in [5, 5.41) is 11.4. The highest BCUT2D eigenvalue weighted by atomic mass is 32.1. The number of benzene rings is 1. The molecule has 148 valence electrons. The summed E-state index contributed by atoms with van der Waals surface area (Å²) in [5.74, 6) is -2.31. The number of thiazole rings is 1. The van der Waals surface area contributed by atoms with Crippen LogP contribution in [-0.4, -0.2) is 32.9 Å². The van der Waals surface area contributed by atoms with Crippen LogP contribution in [0.4, 0.5) is 0 Å². The Morgan fingerprint density at radius 2 is 2.07 bits per heavy atom. The first-order valence-electron chi connectivity index (χ1n) is 8.88. The van der Waals surface area contributed by atoms with Gasteiger partial charge >= 0.3 is 5.97 Å². The first-order valence-corrected chi connectivity index (χ1v) is 9.76. The molecule has 0 saturated carbocycles. The maximum atomic E-state index is 12.4. The Morgan fingerprint density at radius 3 is 2.69 bits per heavy atom. The molecule has 29 heavy (non-hydrogen) atoms. The lowest BCUT2D eigenvalue weighted by Gasteiger charge is -2.10. The highest BCUT2D eigenvalue weighted by Crippen LogP contribution is 2.21. The summed E-state index contributed by atoms with van der Waals surface area (Å²) >= 11 is 1.22. The van der Waals surface area contributed by atoms with Crippen molar-refractivity contribution >= 4 is 34.1 Å². The molecule has 0 bridgehead atoms. The van der Waals surface area contributed by atoms with Gasteiger partial charge in [-0.1, -0.05) is 0 Å². The van der Waals surface area contributed by atoms with Crippen molar-refractivity contribution in [2.75, 3.05) is 6.61 Å². The fourth-order valence-electron chi connectivity index (χ4n) is 2.89. The van der Waals surface area contributed by atoms with Crippen LogP contribution in [0, 0.1) is 25.2 Å². The van der Waals surface area contributed by atoms with Gasteiger partial charge in [0.2, 0.25) is 0 Å². The Hall–Kier alpha value is -3.38. The van der Waals surface area contributed by atoms with Crippen LogP contribution in [-0.2, 0) is 16.1 Å². The number of fused-ring (bicyclic) bond motifs is 1. The van der Waals surface area contributed by atoms with Gasteiger partial charge in [0.15, 0.2) is 18.3 Å². The molecule has 2 heterocycles. The summed E-state index contributed by atoms with van der Waals surface area (Å²) in [6.07, 6.45) is 0. The van der Waals surface area contributed by atoms with Crippen molar-refractivity contribution in [3.8, 4) is 6.07 Å². The van der Waals surface area contributed by atoms with Crippen molar-refractivity contribution in [3.63, 3.8) is 0 Å². The molecular formula is C20H18N4O4S. The highest BCUT2D eigenvalue weighted by Gasteiger charge is 2.25. The second-order valence-corrected chi connectivity index (χ2v) is 7.27. The van der Waals surface area contributed by atoms with E-state index in [2.05, 4.69) is 9.97 Å². The minimum atomic E-state index is -1.07. The van der Waals surface area contributed by atoms with Crippen LogP contribution in [0.5, 0.6) is 0 Å². The zero-order chi connectivity index (χ0) is 21.1. The first-order chi connectivity index (χ1) is 13.8. The van der Waals surface area contributed by atoms with E-state index in [9.17, 15) is 19.6 Å². The number of rotatable bonds is 6. The van der Waals surface area contributed by atoms with Crippen molar-refractivity contribution in [2.45, 2.75) is 33.2 Å². The largest absolute Gasteiger partial charge is 0.454 e. The fourth-order valence-corrected chi connectivity index (χ4v) is 3.75. The summed E-state index contributed by atoms with van der Waals surface area (Å²) in [4.78, 5) is 45.3. The van der Waals surface area contributed by atoms with Crippen molar-refractivity contribution in [1.29, 1.82) is 5.26 Å². The topological polar surface area (TPSA) is 115 Å². The quantitative estimate of drug-likeness (QED) is 0.573. The van der Waals surface area contributed by atoms with Gasteiger partial charge in [0.25, 0.3) is 5.56 Å². The van der Waals surface area contributed by atoms with Crippen LogP contribution in [0.1, 0.15) is 39.6 Å². The average Bonchev–Trinajstić information content (AvgIpc) is 3.13. The van der Waals surface area contributed by atoms with E-state index >= 15 is 0 Å². The minimum Gasteiger partial charge on any atom is -0.454 e. The molecule has 0 amide bonds. The van der Waals surface area contributed by atoms with Crippen molar-refractivity contribution < 1.29 is 14.3 Å². The number of carbonyl (C=O) groups excluding carboxylic acids is 2. The molecule has 8 nitrogen and oxygen atoms in total. The lowest BCUT2D eigenvalue weighted by molar-refractivity contribution is -0.122. The smallest absolute Gasteiger partial charge is 0.338 e. The molecule has 0 saturated heterocycles. The monoisotopic (exact) mass is 410 g/mol. The maximum absolute atomic E-state index is 12.4. The van der Waals surface area contributed by atoms with Crippen LogP contribution in [0.3, 0.4) is 0 Å². The number of esters is 1. The Kier molecular flexibility index (Phi) is 5.84. The molecule has 0 spiro atoms. The van der Waals surface area contributed by atoms with E-state index in [-0.39, 0.29) is 11.1 Å². The molecule has 1 aromatic carbocycles. The Bertz CT molecular complexity index is 1210. The zero-order valence-corrected chi connectivity index (χ0v) is 16.9. The summed E-state index contributed by atoms with van der Waals surface area (Å²) < 4.78 is 6.67. The van der Waals surface area contributed by atoms with E-state index in [0.717, 1.165) is 5.69 Å². The molecule has 1 atom stereocenters. The molecular weight excluding hydrogens is 392 g/mol. The molecule has 0 unspecified atom stereocenters. The maximum Gasteiger partial charge on any atom is 0.338 e. The van der Waals surface area contributed by atoms with Gasteiger partial charge in [0.1, 0.15) is 10.7 Å². The number of nitriles is 1. The second kappa shape index (κ2) is 8.32. The molecule has 0 aliphatic heterocycles. The average molecular weight is 410 g/mol. The van der Waals surface area contributed by atoms with Crippen LogP contribution < -0.4 is 5.56 Å². The van der Waals surface area contributed by atoms with E-state index in [1.807, 2.05) is 13.0 Å². The van der Waals surface area contributed by atoms with Crippen molar-refractivity contribution in [2.24, 2.45) is 0 Å². The highest BCUT2D eigenvalue weighted by molar-refractivity contribution is 7.09. The Morgan fingerprint density at radius 1 is 1.31 bits per heavy atom. The van der Waals surface area contributed by atoms with Crippen molar-refractivity contribution in [3.05, 3.63) is 55.9 Å². The Balaban J connectivity index is 1.78. The number of aryl methyl sites for hydroxylation is 3. The lowest BCUT2D eigenvalue weighted by Crippen LogP contribution is -2.23. The number of hydrogen-bond donors (Lipinski definition) is 0. The predicted octanol–water partition coefficient (Wildman–Crippen LogP) is 2.52. The van der Waals surface area contributed by atoms with E-state index in [1.165, 1.54) is 23.5 Å². The third kappa shape index (κ3) is 4.07. The fraction of sp³-hybridized carbons (Fsp3) is 0.300. The van der Waals surface area contributed by atoms with Gasteiger partial charge in [-0.25, -0.2) is 14.8 Å². The standard InChI is InChI=1S/C20H18N4O4S/c1-4-24-16-6-5-13(7-15(16)23-12(3)19(24)26)20(27)28-9-17(25)14(8-21)18-22-11(2)10-29-18/h5-7,10,14H,4,9H2,1-3H3/t14-/m0/s1. The van der Waals surface area contributed by atoms with E-state index in [1.54, 1.807) is 29.9 Å². The molecule has 3 aromatic rings. The van der Waals surface area contributed by atoms with Crippen LogP contribution in [0.25, 0.3) is 11.0 Å². The summed E-state index contributed by atoms with van der Waals surface area (Å²) in [6, 6.07) is 6.57. The van der Waals surface area contributed by atoms with Gasteiger partial charge in [-0.2, -0.15) is 5.26 Å². The van der Waals surface area contributed by atoms with Gasteiger partial charge in [0.05, 0.1) is 22.7 Å². The molecule has 0 aliphatic rings. The third-order valence-corrected chi connectivity index (χ3v) is 5.37. The van der Waals surface area contributed by atoms with Gasteiger partial charge in [-0.15, -0.1) is 11.3 Å². The molecule has 0 fully saturated rings. The van der Waals surface area contributed by atoms with E-state index < -0.39 is 24.3 Å². The number of Topliss-reactive ketones (excluding diaryl/α,β-unsaturated/α-hetero) is 1. The zero-order valence-electron chi connectivity index (χ0n) is 16.1. The van der Waals surface area contributed by atoms with Crippen molar-refractivity contribution in [1.82, 2.24) is 14.5 Å². The molecule has 9 heteroatoms. The number of ketones is 1. The molecule has 0 radical (unpaired) electrons. The predicted molar refractivity (Wildman–Crippen MR) is 107 cm³/mol. The number of carbonyl (C=O) groups is 2. The molecule has 0 aliphatic carbocycles. The first kappa shape index (κ1) is 20.4. The summed E-state index contributed by atoms with van der Waals surface area (Å²) in [6.45, 7) is 5.17. The van der Waals surface area contributed by atoms with Crippen LogP contribution in [0.2, 0.25) is 0 Å². The second-order valence-electron chi connectivity index (χ2n) is 6.38. The van der Waals surface area contributed by atoms with Gasteiger partial charge in [0, 0.05) is 17.6 Å². The summed E-state index contributed by atoms with van der Waals surface area (Å²) in [5.41, 5.74) is 2.17. The van der Waals surface area contributed by atoms with Gasteiger partial charge in [-0.3, -0.25) is 9.59 Å². The minimum absolute atomic E-state index is 0.180. The van der Waals surface area contributed by atoms with Crippen LogP contribution in [0.15, 0.2) is 28.4 Å². The number of aromatic nitrogens is 3. The van der Waals surface area contributed by atoms with E-state index in [0.29, 0.717) is 28.3 Å².